The van der Waals surface area contributed by atoms with E-state index in [9.17, 15) is 9.90 Å². The summed E-state index contributed by atoms with van der Waals surface area (Å²) in [6, 6.07) is 2.19. The van der Waals surface area contributed by atoms with Gasteiger partial charge in [-0.05, 0) is 38.8 Å². The molecular formula is C19H26O4. The van der Waals surface area contributed by atoms with Crippen molar-refractivity contribution >= 4 is 5.97 Å². The summed E-state index contributed by atoms with van der Waals surface area (Å²) in [5.74, 6) is 0.636. The summed E-state index contributed by atoms with van der Waals surface area (Å²) in [5, 5.41) is 9.90. The SMILES string of the molecule is Cc1cc(C)c(C(C)[C@@H]2C[C@@H](O)CC(=O)O2)c2c1CC(C)(C)O2. The minimum absolute atomic E-state index is 0.00264. The molecule has 3 rings (SSSR count). The van der Waals surface area contributed by atoms with Crippen molar-refractivity contribution in [3.8, 4) is 5.75 Å². The zero-order valence-corrected chi connectivity index (χ0v) is 14.6. The second-order valence-corrected chi connectivity index (χ2v) is 7.68. The van der Waals surface area contributed by atoms with Gasteiger partial charge in [0.15, 0.2) is 0 Å². The second kappa shape index (κ2) is 5.52. The summed E-state index contributed by atoms with van der Waals surface area (Å²) in [7, 11) is 0. The number of ether oxygens (including phenoxy) is 2. The highest BCUT2D eigenvalue weighted by Crippen LogP contribution is 2.45. The molecule has 1 saturated heterocycles. The maximum absolute atomic E-state index is 11.7. The molecule has 0 amide bonds. The molecule has 2 heterocycles. The van der Waals surface area contributed by atoms with Crippen molar-refractivity contribution in [2.75, 3.05) is 0 Å². The number of esters is 1. The molecule has 4 heteroatoms. The number of aliphatic hydroxyl groups is 1. The van der Waals surface area contributed by atoms with E-state index < -0.39 is 6.10 Å². The fraction of sp³-hybridized carbons (Fsp3) is 0.632. The lowest BCUT2D eigenvalue weighted by molar-refractivity contribution is -0.161. The number of hydrogen-bond donors (Lipinski definition) is 1. The van der Waals surface area contributed by atoms with Gasteiger partial charge in [-0.1, -0.05) is 13.0 Å². The molecule has 1 aromatic carbocycles. The van der Waals surface area contributed by atoms with Crippen LogP contribution < -0.4 is 4.74 Å². The van der Waals surface area contributed by atoms with Crippen LogP contribution in [0, 0.1) is 13.8 Å². The van der Waals surface area contributed by atoms with Gasteiger partial charge in [0.1, 0.15) is 17.5 Å². The Bertz CT molecular complexity index is 647. The summed E-state index contributed by atoms with van der Waals surface area (Å²) in [6.45, 7) is 10.5. The van der Waals surface area contributed by atoms with Crippen LogP contribution in [0.5, 0.6) is 5.75 Å². The third-order valence-electron chi connectivity index (χ3n) is 5.04. The van der Waals surface area contributed by atoms with Crippen LogP contribution >= 0.6 is 0 Å². The Labute approximate surface area is 137 Å². The van der Waals surface area contributed by atoms with Crippen LogP contribution in [0.2, 0.25) is 0 Å². The number of cyclic esters (lactones) is 1. The molecule has 4 nitrogen and oxygen atoms in total. The number of rotatable bonds is 2. The number of hydrogen-bond acceptors (Lipinski definition) is 4. The summed E-state index contributed by atoms with van der Waals surface area (Å²) in [4.78, 5) is 11.7. The fourth-order valence-corrected chi connectivity index (χ4v) is 3.95. The van der Waals surface area contributed by atoms with Gasteiger partial charge in [-0.3, -0.25) is 4.79 Å². The molecular weight excluding hydrogens is 292 g/mol. The van der Waals surface area contributed by atoms with Gasteiger partial charge < -0.3 is 14.6 Å². The Balaban J connectivity index is 2.00. The monoisotopic (exact) mass is 318 g/mol. The van der Waals surface area contributed by atoms with E-state index in [1.165, 1.54) is 11.1 Å². The van der Waals surface area contributed by atoms with Crippen LogP contribution in [0.3, 0.4) is 0 Å². The Morgan fingerprint density at radius 2 is 2.00 bits per heavy atom. The maximum atomic E-state index is 11.7. The van der Waals surface area contributed by atoms with Gasteiger partial charge in [-0.2, -0.15) is 0 Å². The number of carbonyl (C=O) groups excluding carboxylic acids is 1. The van der Waals surface area contributed by atoms with Crippen molar-refractivity contribution in [2.45, 2.75) is 77.6 Å². The molecule has 0 aliphatic carbocycles. The van der Waals surface area contributed by atoms with Crippen molar-refractivity contribution in [1.82, 2.24) is 0 Å². The molecule has 2 aliphatic heterocycles. The molecule has 23 heavy (non-hydrogen) atoms. The average Bonchev–Trinajstić information content (AvgIpc) is 2.73. The summed E-state index contributed by atoms with van der Waals surface area (Å²) in [5.41, 5.74) is 4.56. The zero-order valence-electron chi connectivity index (χ0n) is 14.6. The molecule has 0 radical (unpaired) electrons. The van der Waals surface area contributed by atoms with E-state index in [4.69, 9.17) is 9.47 Å². The van der Waals surface area contributed by atoms with E-state index in [2.05, 4.69) is 40.7 Å². The molecule has 1 fully saturated rings. The fourth-order valence-electron chi connectivity index (χ4n) is 3.95. The summed E-state index contributed by atoms with van der Waals surface area (Å²) < 4.78 is 11.8. The first-order valence-corrected chi connectivity index (χ1v) is 8.37. The lowest BCUT2D eigenvalue weighted by Crippen LogP contribution is -2.36. The lowest BCUT2D eigenvalue weighted by atomic mass is 9.84. The summed E-state index contributed by atoms with van der Waals surface area (Å²) >= 11 is 0. The van der Waals surface area contributed by atoms with Gasteiger partial charge in [0, 0.05) is 29.9 Å². The summed E-state index contributed by atoms with van der Waals surface area (Å²) in [6.07, 6.45) is 0.557. The van der Waals surface area contributed by atoms with Crippen molar-refractivity contribution in [3.63, 3.8) is 0 Å². The predicted molar refractivity (Wildman–Crippen MR) is 87.9 cm³/mol. The number of carbonyl (C=O) groups is 1. The molecule has 1 N–H and O–H groups in total. The molecule has 0 aromatic heterocycles. The Hall–Kier alpha value is -1.55. The highest BCUT2D eigenvalue weighted by molar-refractivity contribution is 5.71. The van der Waals surface area contributed by atoms with Crippen LogP contribution in [-0.4, -0.2) is 28.9 Å². The molecule has 0 bridgehead atoms. The average molecular weight is 318 g/mol. The molecule has 1 aromatic rings. The minimum Gasteiger partial charge on any atom is -0.487 e. The Morgan fingerprint density at radius 3 is 2.65 bits per heavy atom. The molecule has 3 atom stereocenters. The number of aliphatic hydroxyl groups excluding tert-OH is 1. The number of fused-ring (bicyclic) bond motifs is 1. The molecule has 2 aliphatic rings. The minimum atomic E-state index is -0.611. The van der Waals surface area contributed by atoms with Crippen LogP contribution in [0.25, 0.3) is 0 Å². The highest BCUT2D eigenvalue weighted by Gasteiger charge is 2.38. The topological polar surface area (TPSA) is 55.8 Å². The van der Waals surface area contributed by atoms with Crippen molar-refractivity contribution in [1.29, 1.82) is 0 Å². The molecule has 0 spiro atoms. The predicted octanol–water partition coefficient (Wildman–Crippen LogP) is 3.19. The first kappa shape index (κ1) is 16.3. The Kier molecular flexibility index (Phi) is 3.91. The zero-order chi connectivity index (χ0) is 16.9. The van der Waals surface area contributed by atoms with Gasteiger partial charge in [0.2, 0.25) is 0 Å². The molecule has 1 unspecified atom stereocenters. The largest absolute Gasteiger partial charge is 0.487 e. The first-order valence-electron chi connectivity index (χ1n) is 8.37. The number of benzene rings is 1. The smallest absolute Gasteiger partial charge is 0.308 e. The van der Waals surface area contributed by atoms with E-state index in [0.717, 1.165) is 23.3 Å². The van der Waals surface area contributed by atoms with E-state index in [1.807, 2.05) is 0 Å². The Morgan fingerprint density at radius 1 is 1.30 bits per heavy atom. The van der Waals surface area contributed by atoms with Crippen LogP contribution in [-0.2, 0) is 16.0 Å². The standard InChI is InChI=1S/C19H26O4/c1-10-6-11(2)17(18-14(10)9-19(4,5)23-18)12(3)15-7-13(20)8-16(21)22-15/h6,12-13,15,20H,7-9H2,1-5H3/t12?,13-,15+/m1/s1. The van der Waals surface area contributed by atoms with Crippen LogP contribution in [0.1, 0.15) is 61.8 Å². The maximum Gasteiger partial charge on any atom is 0.308 e. The molecule has 0 saturated carbocycles. The van der Waals surface area contributed by atoms with Crippen LogP contribution in [0.15, 0.2) is 6.07 Å². The van der Waals surface area contributed by atoms with Crippen molar-refractivity contribution in [2.24, 2.45) is 0 Å². The normalized spacial score (nSPS) is 27.1. The van der Waals surface area contributed by atoms with Gasteiger partial charge in [-0.15, -0.1) is 0 Å². The third kappa shape index (κ3) is 2.97. The van der Waals surface area contributed by atoms with Crippen molar-refractivity contribution < 1.29 is 19.4 Å². The molecule has 126 valence electrons. The van der Waals surface area contributed by atoms with E-state index in [-0.39, 0.29) is 30.0 Å². The third-order valence-corrected chi connectivity index (χ3v) is 5.04. The first-order chi connectivity index (χ1) is 10.7. The van der Waals surface area contributed by atoms with E-state index in [0.29, 0.717) is 6.42 Å². The van der Waals surface area contributed by atoms with Crippen molar-refractivity contribution in [3.05, 3.63) is 28.3 Å². The van der Waals surface area contributed by atoms with Gasteiger partial charge >= 0.3 is 5.97 Å². The number of aryl methyl sites for hydroxylation is 2. The quantitative estimate of drug-likeness (QED) is 0.851. The van der Waals surface area contributed by atoms with Gasteiger partial charge in [0.25, 0.3) is 0 Å². The van der Waals surface area contributed by atoms with E-state index in [1.54, 1.807) is 0 Å². The van der Waals surface area contributed by atoms with Gasteiger partial charge in [0.05, 0.1) is 12.5 Å². The second-order valence-electron chi connectivity index (χ2n) is 7.68. The lowest BCUT2D eigenvalue weighted by Gasteiger charge is -2.32. The highest BCUT2D eigenvalue weighted by atomic mass is 16.5. The van der Waals surface area contributed by atoms with Gasteiger partial charge in [-0.25, -0.2) is 0 Å². The van der Waals surface area contributed by atoms with Crippen LogP contribution in [0.4, 0.5) is 0 Å². The van der Waals surface area contributed by atoms with E-state index >= 15 is 0 Å².